The predicted molar refractivity (Wildman–Crippen MR) is 113 cm³/mol. The maximum atomic E-state index is 11.1. The Balaban J connectivity index is 1.71. The van der Waals surface area contributed by atoms with Crippen LogP contribution < -0.4 is 10.1 Å². The van der Waals surface area contributed by atoms with Crippen LogP contribution >= 0.6 is 11.6 Å². The van der Waals surface area contributed by atoms with Gasteiger partial charge in [-0.1, -0.05) is 18.5 Å². The van der Waals surface area contributed by atoms with Crippen LogP contribution in [0.3, 0.4) is 0 Å². The molecule has 0 spiro atoms. The number of likely N-dealkylation sites (N-methyl/N-ethyl adjacent to an activating group) is 1. The second-order valence-electron chi connectivity index (χ2n) is 8.63. The van der Waals surface area contributed by atoms with Gasteiger partial charge in [-0.25, -0.2) is 4.98 Å². The van der Waals surface area contributed by atoms with E-state index >= 15 is 0 Å². The molecule has 1 aromatic carbocycles. The van der Waals surface area contributed by atoms with E-state index in [0.29, 0.717) is 11.2 Å². The fraction of sp³-hybridized carbons (Fsp3) is 0.591. The number of pyridine rings is 1. The molecule has 0 radical (unpaired) electrons. The lowest BCUT2D eigenvalue weighted by Crippen LogP contribution is -2.54. The third-order valence-electron chi connectivity index (χ3n) is 6.33. The van der Waals surface area contributed by atoms with Crippen LogP contribution in [0.5, 0.6) is 5.75 Å². The minimum absolute atomic E-state index is 0.205. The highest BCUT2D eigenvalue weighted by molar-refractivity contribution is 6.29. The molecule has 0 amide bonds. The highest BCUT2D eigenvalue weighted by Gasteiger charge is 2.43. The molecule has 2 aromatic rings. The topological polar surface area (TPSA) is 57.6 Å². The summed E-state index contributed by atoms with van der Waals surface area (Å²) in [6.45, 7) is 11.2. The summed E-state index contributed by atoms with van der Waals surface area (Å²) in [5, 5.41) is 16.2. The Labute approximate surface area is 172 Å². The SMILES string of the molecule is CCN1CCCC1CN[C@H]1c2cc3nc(Cl)cc(C)c3cc2OC(C)(C)[C@@H]1O. The van der Waals surface area contributed by atoms with Gasteiger partial charge in [-0.05, 0) is 70.5 Å². The Morgan fingerprint density at radius 1 is 1.36 bits per heavy atom. The lowest BCUT2D eigenvalue weighted by Gasteiger charge is -2.43. The van der Waals surface area contributed by atoms with Gasteiger partial charge in [0.2, 0.25) is 0 Å². The van der Waals surface area contributed by atoms with Crippen LogP contribution in [0.15, 0.2) is 18.2 Å². The van der Waals surface area contributed by atoms with E-state index in [0.717, 1.165) is 47.4 Å². The lowest BCUT2D eigenvalue weighted by molar-refractivity contribution is -0.0650. The molecule has 28 heavy (non-hydrogen) atoms. The molecule has 0 bridgehead atoms. The number of benzene rings is 1. The van der Waals surface area contributed by atoms with Crippen LogP contribution in [0.25, 0.3) is 10.9 Å². The normalized spacial score (nSPS) is 27.0. The molecule has 3 heterocycles. The van der Waals surface area contributed by atoms with Crippen molar-refractivity contribution in [2.24, 2.45) is 0 Å². The number of aromatic nitrogens is 1. The predicted octanol–water partition coefficient (Wildman–Crippen LogP) is 3.84. The molecule has 0 aliphatic carbocycles. The number of aliphatic hydroxyl groups excluding tert-OH is 1. The number of rotatable bonds is 4. The standard InChI is InChI=1S/C22H30ClN3O2/c1-5-26-8-6-7-14(26)12-24-20-16-10-17-15(13(2)9-19(23)25-17)11-18(16)28-22(3,4)21(20)27/h9-11,14,20-21,24,27H,5-8,12H2,1-4H3/t14?,20-,21+/m0/s1. The van der Waals surface area contributed by atoms with Crippen molar-refractivity contribution in [2.75, 3.05) is 19.6 Å². The third-order valence-corrected chi connectivity index (χ3v) is 6.52. The van der Waals surface area contributed by atoms with Gasteiger partial charge in [0, 0.05) is 23.5 Å². The fourth-order valence-electron chi connectivity index (χ4n) is 4.67. The van der Waals surface area contributed by atoms with Crippen molar-refractivity contribution in [1.29, 1.82) is 0 Å². The van der Waals surface area contributed by atoms with Crippen molar-refractivity contribution in [3.63, 3.8) is 0 Å². The van der Waals surface area contributed by atoms with Crippen molar-refractivity contribution in [3.8, 4) is 5.75 Å². The molecule has 4 rings (SSSR count). The Hall–Kier alpha value is -1.40. The molecule has 1 unspecified atom stereocenters. The summed E-state index contributed by atoms with van der Waals surface area (Å²) in [5.41, 5.74) is 2.18. The van der Waals surface area contributed by atoms with E-state index in [9.17, 15) is 5.11 Å². The minimum atomic E-state index is -0.674. The molecule has 2 aliphatic rings. The average Bonchev–Trinajstić information content (AvgIpc) is 3.09. The Morgan fingerprint density at radius 3 is 2.89 bits per heavy atom. The first-order valence-corrected chi connectivity index (χ1v) is 10.6. The van der Waals surface area contributed by atoms with Crippen molar-refractivity contribution >= 4 is 22.5 Å². The number of nitrogens with zero attached hydrogens (tertiary/aromatic N) is 2. The number of hydrogen-bond donors (Lipinski definition) is 2. The molecule has 1 fully saturated rings. The second kappa shape index (κ2) is 7.45. The summed E-state index contributed by atoms with van der Waals surface area (Å²) in [5.74, 6) is 0.811. The van der Waals surface area contributed by atoms with Crippen molar-refractivity contribution in [3.05, 3.63) is 34.5 Å². The highest BCUT2D eigenvalue weighted by Crippen LogP contribution is 2.42. The van der Waals surface area contributed by atoms with E-state index < -0.39 is 11.7 Å². The zero-order valence-electron chi connectivity index (χ0n) is 17.1. The van der Waals surface area contributed by atoms with Crippen molar-refractivity contribution < 1.29 is 9.84 Å². The molecule has 3 atom stereocenters. The average molecular weight is 404 g/mol. The summed E-state index contributed by atoms with van der Waals surface area (Å²) < 4.78 is 6.21. The van der Waals surface area contributed by atoms with Gasteiger partial charge < -0.3 is 15.2 Å². The van der Waals surface area contributed by atoms with Crippen LogP contribution in [0.2, 0.25) is 5.15 Å². The number of halogens is 1. The first-order valence-electron chi connectivity index (χ1n) is 10.3. The second-order valence-corrected chi connectivity index (χ2v) is 9.02. The maximum Gasteiger partial charge on any atom is 0.131 e. The van der Waals surface area contributed by atoms with E-state index in [2.05, 4.69) is 22.1 Å². The van der Waals surface area contributed by atoms with Crippen LogP contribution in [0, 0.1) is 6.92 Å². The van der Waals surface area contributed by atoms with E-state index in [1.54, 1.807) is 0 Å². The third kappa shape index (κ3) is 3.50. The van der Waals surface area contributed by atoms with E-state index in [-0.39, 0.29) is 6.04 Å². The molecule has 0 saturated carbocycles. The van der Waals surface area contributed by atoms with Crippen molar-refractivity contribution in [2.45, 2.75) is 64.3 Å². The van der Waals surface area contributed by atoms with E-state index in [4.69, 9.17) is 16.3 Å². The minimum Gasteiger partial charge on any atom is -0.485 e. The smallest absolute Gasteiger partial charge is 0.131 e. The summed E-state index contributed by atoms with van der Waals surface area (Å²) in [6, 6.07) is 6.24. The van der Waals surface area contributed by atoms with Gasteiger partial charge >= 0.3 is 0 Å². The molecule has 5 nitrogen and oxygen atoms in total. The summed E-state index contributed by atoms with van der Waals surface area (Å²) in [7, 11) is 0. The molecule has 152 valence electrons. The molecule has 2 aliphatic heterocycles. The Bertz CT molecular complexity index is 886. The van der Waals surface area contributed by atoms with Crippen LogP contribution in [-0.2, 0) is 0 Å². The van der Waals surface area contributed by atoms with Crippen LogP contribution in [0.1, 0.15) is 50.8 Å². The number of nitrogens with one attached hydrogen (secondary N) is 1. The van der Waals surface area contributed by atoms with Crippen LogP contribution in [0.4, 0.5) is 0 Å². The van der Waals surface area contributed by atoms with E-state index in [1.807, 2.05) is 39.0 Å². The lowest BCUT2D eigenvalue weighted by atomic mass is 9.85. The molecule has 2 N–H and O–H groups in total. The maximum absolute atomic E-state index is 11.1. The van der Waals surface area contributed by atoms with Gasteiger partial charge in [-0.2, -0.15) is 0 Å². The molecular formula is C22H30ClN3O2. The quantitative estimate of drug-likeness (QED) is 0.759. The number of aliphatic hydroxyl groups is 1. The number of hydrogen-bond acceptors (Lipinski definition) is 5. The first kappa shape index (κ1) is 19.9. The fourth-order valence-corrected chi connectivity index (χ4v) is 4.93. The number of aryl methyl sites for hydroxylation is 1. The molecular weight excluding hydrogens is 374 g/mol. The summed E-state index contributed by atoms with van der Waals surface area (Å²) in [6.07, 6.45) is 1.78. The Morgan fingerprint density at radius 2 is 2.14 bits per heavy atom. The van der Waals surface area contributed by atoms with Gasteiger partial charge in [0.25, 0.3) is 0 Å². The van der Waals surface area contributed by atoms with Crippen molar-refractivity contribution in [1.82, 2.24) is 15.2 Å². The molecule has 1 saturated heterocycles. The number of ether oxygens (including phenoxy) is 1. The Kier molecular flexibility index (Phi) is 5.29. The van der Waals surface area contributed by atoms with Gasteiger partial charge in [0.15, 0.2) is 0 Å². The largest absolute Gasteiger partial charge is 0.485 e. The first-order chi connectivity index (χ1) is 13.3. The summed E-state index contributed by atoms with van der Waals surface area (Å²) >= 11 is 6.18. The molecule has 6 heteroatoms. The zero-order valence-corrected chi connectivity index (χ0v) is 17.9. The number of fused-ring (bicyclic) bond motifs is 2. The highest BCUT2D eigenvalue weighted by atomic mass is 35.5. The zero-order chi connectivity index (χ0) is 20.1. The van der Waals surface area contributed by atoms with Gasteiger partial charge in [-0.15, -0.1) is 0 Å². The monoisotopic (exact) mass is 403 g/mol. The van der Waals surface area contributed by atoms with Gasteiger partial charge in [0.1, 0.15) is 22.6 Å². The van der Waals surface area contributed by atoms with Gasteiger partial charge in [-0.3, -0.25) is 4.90 Å². The van der Waals surface area contributed by atoms with Gasteiger partial charge in [0.05, 0.1) is 11.6 Å². The van der Waals surface area contributed by atoms with Crippen LogP contribution in [-0.4, -0.2) is 52.4 Å². The van der Waals surface area contributed by atoms with E-state index in [1.165, 1.54) is 12.8 Å². The molecule has 1 aromatic heterocycles. The summed E-state index contributed by atoms with van der Waals surface area (Å²) in [4.78, 5) is 7.01. The number of likely N-dealkylation sites (tertiary alicyclic amines) is 1.